The smallest absolute Gasteiger partial charge is 0.333 e. The molecule has 1 aliphatic carbocycles. The first-order chi connectivity index (χ1) is 10.5. The minimum absolute atomic E-state index is 0.0261. The summed E-state index contributed by atoms with van der Waals surface area (Å²) >= 11 is 0. The number of benzene rings is 1. The van der Waals surface area contributed by atoms with Gasteiger partial charge < -0.3 is 9.47 Å². The first-order valence-corrected chi connectivity index (χ1v) is 9.07. The molecule has 1 spiro atoms. The molecule has 7 heteroatoms. The van der Waals surface area contributed by atoms with Crippen LogP contribution in [0.1, 0.15) is 37.7 Å². The quantitative estimate of drug-likeness (QED) is 0.830. The summed E-state index contributed by atoms with van der Waals surface area (Å²) in [6.45, 7) is 0.0261. The summed E-state index contributed by atoms with van der Waals surface area (Å²) in [5.74, 6) is 0.120. The number of para-hydroxylation sites is 1. The van der Waals surface area contributed by atoms with E-state index in [2.05, 4.69) is 4.72 Å². The first-order valence-electron chi connectivity index (χ1n) is 7.63. The van der Waals surface area contributed by atoms with Crippen LogP contribution in [0.5, 0.6) is 5.75 Å². The topological polar surface area (TPSA) is 84.9 Å². The zero-order valence-electron chi connectivity index (χ0n) is 12.3. The van der Waals surface area contributed by atoms with E-state index in [0.29, 0.717) is 6.42 Å². The lowest BCUT2D eigenvalue weighted by Gasteiger charge is -2.38. The van der Waals surface area contributed by atoms with Gasteiger partial charge in [-0.1, -0.05) is 24.6 Å². The van der Waals surface area contributed by atoms with Crippen molar-refractivity contribution in [2.24, 2.45) is 0 Å². The second-order valence-electron chi connectivity index (χ2n) is 5.95. The standard InChI is InChI=1S/C15H21NO5S/c17-22(18,19)16-11-13-10-12-6-2-3-7-14(12)21-15(20-13)8-4-1-5-9-15/h2-3,6-7,13,16H,1,4-5,8-11H2,(H,17,18,19). The van der Waals surface area contributed by atoms with E-state index in [1.807, 2.05) is 24.3 Å². The molecule has 0 amide bonds. The van der Waals surface area contributed by atoms with Crippen molar-refractivity contribution in [3.63, 3.8) is 0 Å². The van der Waals surface area contributed by atoms with Crippen molar-refractivity contribution < 1.29 is 22.4 Å². The molecule has 2 N–H and O–H groups in total. The van der Waals surface area contributed by atoms with E-state index in [9.17, 15) is 8.42 Å². The van der Waals surface area contributed by atoms with E-state index in [4.69, 9.17) is 14.0 Å². The summed E-state index contributed by atoms with van der Waals surface area (Å²) in [5.41, 5.74) is 0.993. The summed E-state index contributed by atoms with van der Waals surface area (Å²) < 4.78 is 45.2. The third kappa shape index (κ3) is 3.78. The normalized spacial score (nSPS) is 24.3. The molecule has 1 aromatic rings. The van der Waals surface area contributed by atoms with Gasteiger partial charge in [0.15, 0.2) is 0 Å². The highest BCUT2D eigenvalue weighted by molar-refractivity contribution is 7.83. The van der Waals surface area contributed by atoms with Crippen molar-refractivity contribution in [2.75, 3.05) is 6.54 Å². The number of hydrogen-bond acceptors (Lipinski definition) is 4. The van der Waals surface area contributed by atoms with Crippen LogP contribution in [-0.2, 0) is 21.5 Å². The van der Waals surface area contributed by atoms with Gasteiger partial charge in [0.2, 0.25) is 5.79 Å². The van der Waals surface area contributed by atoms with E-state index in [1.54, 1.807) is 0 Å². The Morgan fingerprint density at radius 1 is 1.23 bits per heavy atom. The minimum atomic E-state index is -4.23. The van der Waals surface area contributed by atoms with Crippen LogP contribution in [0.15, 0.2) is 24.3 Å². The van der Waals surface area contributed by atoms with Crippen LogP contribution in [0.2, 0.25) is 0 Å². The highest BCUT2D eigenvalue weighted by atomic mass is 32.2. The Balaban J connectivity index is 1.85. The van der Waals surface area contributed by atoms with Crippen molar-refractivity contribution in [3.8, 4) is 5.75 Å². The molecule has 1 aliphatic heterocycles. The second-order valence-corrected chi connectivity index (χ2v) is 7.19. The van der Waals surface area contributed by atoms with E-state index < -0.39 is 16.1 Å². The minimum Gasteiger partial charge on any atom is -0.462 e. The van der Waals surface area contributed by atoms with E-state index in [-0.39, 0.29) is 12.6 Å². The molecular weight excluding hydrogens is 306 g/mol. The molecule has 0 bridgehead atoms. The Labute approximate surface area is 130 Å². The fourth-order valence-electron chi connectivity index (χ4n) is 3.21. The fraction of sp³-hybridized carbons (Fsp3) is 0.600. The van der Waals surface area contributed by atoms with Crippen LogP contribution in [0.25, 0.3) is 0 Å². The average Bonchev–Trinajstić information content (AvgIpc) is 2.61. The van der Waals surface area contributed by atoms with Gasteiger partial charge in [-0.3, -0.25) is 4.55 Å². The molecule has 1 fully saturated rings. The largest absolute Gasteiger partial charge is 0.462 e. The maximum Gasteiger partial charge on any atom is 0.333 e. The molecule has 1 unspecified atom stereocenters. The summed E-state index contributed by atoms with van der Waals surface area (Å²) in [5, 5.41) is 0. The second kappa shape index (κ2) is 6.16. The Hall–Kier alpha value is -1.15. The van der Waals surface area contributed by atoms with E-state index in [1.165, 1.54) is 0 Å². The Bertz CT molecular complexity index is 625. The highest BCUT2D eigenvalue weighted by Gasteiger charge is 2.40. The number of ether oxygens (including phenoxy) is 2. The molecule has 1 saturated carbocycles. The van der Waals surface area contributed by atoms with Gasteiger partial charge in [0.25, 0.3) is 0 Å². The number of fused-ring (bicyclic) bond motifs is 1. The fourth-order valence-corrected chi connectivity index (χ4v) is 3.61. The van der Waals surface area contributed by atoms with Gasteiger partial charge in [-0.15, -0.1) is 0 Å². The van der Waals surface area contributed by atoms with Gasteiger partial charge in [-0.25, -0.2) is 0 Å². The lowest BCUT2D eigenvalue weighted by Crippen LogP contribution is -2.46. The zero-order valence-corrected chi connectivity index (χ0v) is 13.1. The lowest BCUT2D eigenvalue weighted by atomic mass is 9.94. The molecule has 1 atom stereocenters. The predicted octanol–water partition coefficient (Wildman–Crippen LogP) is 2.06. The van der Waals surface area contributed by atoms with E-state index >= 15 is 0 Å². The Kier molecular flexibility index (Phi) is 4.40. The van der Waals surface area contributed by atoms with Crippen molar-refractivity contribution in [2.45, 2.75) is 50.4 Å². The predicted molar refractivity (Wildman–Crippen MR) is 81.0 cm³/mol. The van der Waals surface area contributed by atoms with Crippen LogP contribution >= 0.6 is 0 Å². The summed E-state index contributed by atoms with van der Waals surface area (Å²) in [6, 6.07) is 7.73. The van der Waals surface area contributed by atoms with Crippen molar-refractivity contribution in [3.05, 3.63) is 29.8 Å². The molecule has 22 heavy (non-hydrogen) atoms. The van der Waals surface area contributed by atoms with Gasteiger partial charge >= 0.3 is 10.3 Å². The molecule has 6 nitrogen and oxygen atoms in total. The van der Waals surface area contributed by atoms with Crippen LogP contribution in [0, 0.1) is 0 Å². The molecule has 122 valence electrons. The highest BCUT2D eigenvalue weighted by Crippen LogP contribution is 2.39. The number of hydrogen-bond donors (Lipinski definition) is 2. The van der Waals surface area contributed by atoms with Gasteiger partial charge in [0.1, 0.15) is 5.75 Å². The molecule has 0 radical (unpaired) electrons. The van der Waals surface area contributed by atoms with Crippen LogP contribution in [0.4, 0.5) is 0 Å². The Morgan fingerprint density at radius 3 is 2.68 bits per heavy atom. The molecule has 0 aromatic heterocycles. The molecule has 1 aromatic carbocycles. The number of nitrogens with one attached hydrogen (secondary N) is 1. The van der Waals surface area contributed by atoms with Crippen LogP contribution < -0.4 is 9.46 Å². The van der Waals surface area contributed by atoms with Gasteiger partial charge in [0.05, 0.1) is 6.10 Å². The monoisotopic (exact) mass is 327 g/mol. The van der Waals surface area contributed by atoms with Crippen molar-refractivity contribution in [1.29, 1.82) is 0 Å². The molecule has 1 heterocycles. The molecule has 3 rings (SSSR count). The van der Waals surface area contributed by atoms with Gasteiger partial charge in [0, 0.05) is 25.8 Å². The van der Waals surface area contributed by atoms with Crippen molar-refractivity contribution >= 4 is 10.3 Å². The number of rotatable bonds is 3. The molecule has 0 saturated heterocycles. The lowest BCUT2D eigenvalue weighted by molar-refractivity contribution is -0.220. The zero-order chi connectivity index (χ0) is 15.6. The summed E-state index contributed by atoms with van der Waals surface area (Å²) in [6.07, 6.45) is 4.97. The van der Waals surface area contributed by atoms with Crippen molar-refractivity contribution in [1.82, 2.24) is 4.72 Å². The maximum absolute atomic E-state index is 10.9. The van der Waals surface area contributed by atoms with E-state index in [0.717, 1.165) is 43.4 Å². The molecule has 2 aliphatic rings. The Morgan fingerprint density at radius 2 is 1.95 bits per heavy atom. The van der Waals surface area contributed by atoms with Gasteiger partial charge in [-0.05, 0) is 24.5 Å². The SMILES string of the molecule is O=S(=O)(O)NCC1Cc2ccccc2OC2(CCCCC2)O1. The first kappa shape index (κ1) is 15.7. The average molecular weight is 327 g/mol. The van der Waals surface area contributed by atoms with Gasteiger partial charge in [-0.2, -0.15) is 13.1 Å². The maximum atomic E-state index is 10.9. The van der Waals surface area contributed by atoms with Crippen LogP contribution in [-0.4, -0.2) is 31.4 Å². The third-order valence-corrected chi connectivity index (χ3v) is 4.74. The molecular formula is C15H21NO5S. The third-order valence-electron chi connectivity index (χ3n) is 4.21. The van der Waals surface area contributed by atoms with Crippen LogP contribution in [0.3, 0.4) is 0 Å². The summed E-state index contributed by atoms with van der Waals surface area (Å²) in [7, 11) is -4.23. The summed E-state index contributed by atoms with van der Waals surface area (Å²) in [4.78, 5) is 0.